The largest absolute Gasteiger partial charge is 0.474 e. The molecule has 160 valence electrons. The first kappa shape index (κ1) is 20.7. The molecule has 2 aromatic heterocycles. The van der Waals surface area contributed by atoms with Crippen molar-refractivity contribution in [2.24, 2.45) is 0 Å². The summed E-state index contributed by atoms with van der Waals surface area (Å²) < 4.78 is 12.0. The summed E-state index contributed by atoms with van der Waals surface area (Å²) in [5.74, 6) is 1.81. The number of nitrogens with zero attached hydrogens (tertiary/aromatic N) is 4. The first-order valence-electron chi connectivity index (χ1n) is 10.9. The Morgan fingerprint density at radius 3 is 2.63 bits per heavy atom. The third-order valence-electron chi connectivity index (χ3n) is 5.73. The van der Waals surface area contributed by atoms with Crippen molar-refractivity contribution in [2.75, 3.05) is 26.3 Å². The zero-order valence-electron chi connectivity index (χ0n) is 18.1. The van der Waals surface area contributed by atoms with Crippen molar-refractivity contribution in [3.05, 3.63) is 46.7 Å². The first-order valence-corrected chi connectivity index (χ1v) is 10.9. The lowest BCUT2D eigenvalue weighted by Crippen LogP contribution is -2.42. The van der Waals surface area contributed by atoms with Crippen LogP contribution in [0.2, 0.25) is 0 Å². The summed E-state index contributed by atoms with van der Waals surface area (Å²) in [4.78, 5) is 28.4. The molecule has 0 bridgehead atoms. The number of aryl methyl sites for hydroxylation is 1. The maximum atomic E-state index is 12.7. The van der Waals surface area contributed by atoms with Crippen LogP contribution in [0.1, 0.15) is 65.7 Å². The molecule has 30 heavy (non-hydrogen) atoms. The summed E-state index contributed by atoms with van der Waals surface area (Å²) >= 11 is 0. The van der Waals surface area contributed by atoms with Crippen LogP contribution in [0.25, 0.3) is 0 Å². The Kier molecular flexibility index (Phi) is 6.27. The van der Waals surface area contributed by atoms with Gasteiger partial charge in [-0.25, -0.2) is 4.98 Å². The van der Waals surface area contributed by atoms with Gasteiger partial charge in [0.1, 0.15) is 11.9 Å². The Bertz CT molecular complexity index is 890. The topological polar surface area (TPSA) is 77.4 Å². The molecule has 4 rings (SSSR count). The van der Waals surface area contributed by atoms with Crippen LogP contribution >= 0.6 is 0 Å². The number of rotatable bonds is 4. The zero-order valence-corrected chi connectivity index (χ0v) is 18.1. The minimum atomic E-state index is 0.0381. The third kappa shape index (κ3) is 4.61. The Morgan fingerprint density at radius 1 is 1.17 bits per heavy atom. The molecule has 2 aromatic rings. The standard InChI is InChI=1S/C23H30N4O3/c1-15(2)21-25-20-9-13-29-12-8-19(20)22(26-21)30-18-6-10-27(11-7-18)23(28)17-5-4-16(3)24-14-17/h4-5,14-15,18H,6-13H2,1-3H3. The Labute approximate surface area is 177 Å². The molecular formula is C23H30N4O3. The quantitative estimate of drug-likeness (QED) is 0.771. The van der Waals surface area contributed by atoms with Crippen LogP contribution in [-0.2, 0) is 17.6 Å². The van der Waals surface area contributed by atoms with Crippen molar-refractivity contribution in [3.63, 3.8) is 0 Å². The smallest absolute Gasteiger partial charge is 0.255 e. The summed E-state index contributed by atoms with van der Waals surface area (Å²) in [5.41, 5.74) is 3.69. The molecule has 1 fully saturated rings. The van der Waals surface area contributed by atoms with Gasteiger partial charge in [0.05, 0.1) is 24.5 Å². The summed E-state index contributed by atoms with van der Waals surface area (Å²) in [6.07, 6.45) is 4.86. The van der Waals surface area contributed by atoms with E-state index in [1.54, 1.807) is 6.20 Å². The molecule has 0 atom stereocenters. The monoisotopic (exact) mass is 410 g/mol. The second-order valence-electron chi connectivity index (χ2n) is 8.38. The minimum Gasteiger partial charge on any atom is -0.474 e. The zero-order chi connectivity index (χ0) is 21.1. The van der Waals surface area contributed by atoms with E-state index in [1.165, 1.54) is 0 Å². The van der Waals surface area contributed by atoms with E-state index in [9.17, 15) is 4.79 Å². The number of fused-ring (bicyclic) bond motifs is 1. The van der Waals surface area contributed by atoms with Gasteiger partial charge < -0.3 is 14.4 Å². The Hall–Kier alpha value is -2.54. The van der Waals surface area contributed by atoms with Gasteiger partial charge >= 0.3 is 0 Å². The number of amides is 1. The van der Waals surface area contributed by atoms with E-state index in [4.69, 9.17) is 19.4 Å². The predicted molar refractivity (Wildman–Crippen MR) is 113 cm³/mol. The fourth-order valence-electron chi connectivity index (χ4n) is 3.90. The number of aromatic nitrogens is 3. The fourth-order valence-corrected chi connectivity index (χ4v) is 3.90. The molecule has 0 aromatic carbocycles. The minimum absolute atomic E-state index is 0.0381. The van der Waals surface area contributed by atoms with Gasteiger partial charge in [-0.15, -0.1) is 0 Å². The third-order valence-corrected chi connectivity index (χ3v) is 5.73. The number of carbonyl (C=O) groups is 1. The molecule has 7 heteroatoms. The second-order valence-corrected chi connectivity index (χ2v) is 8.38. The Morgan fingerprint density at radius 2 is 1.93 bits per heavy atom. The molecule has 0 aliphatic carbocycles. The van der Waals surface area contributed by atoms with Gasteiger partial charge in [-0.05, 0) is 19.1 Å². The van der Waals surface area contributed by atoms with Crippen LogP contribution < -0.4 is 4.74 Å². The van der Waals surface area contributed by atoms with Gasteiger partial charge in [0.15, 0.2) is 0 Å². The van der Waals surface area contributed by atoms with Crippen molar-refractivity contribution in [1.82, 2.24) is 19.9 Å². The Balaban J connectivity index is 1.44. The van der Waals surface area contributed by atoms with Gasteiger partial charge in [0, 0.05) is 62.1 Å². The molecule has 1 amide bonds. The molecule has 4 heterocycles. The van der Waals surface area contributed by atoms with Crippen LogP contribution in [-0.4, -0.2) is 58.2 Å². The molecule has 2 aliphatic heterocycles. The lowest BCUT2D eigenvalue weighted by Gasteiger charge is -2.32. The van der Waals surface area contributed by atoms with Crippen molar-refractivity contribution < 1.29 is 14.3 Å². The molecule has 1 saturated heterocycles. The van der Waals surface area contributed by atoms with E-state index in [-0.39, 0.29) is 17.9 Å². The molecule has 0 N–H and O–H groups in total. The molecule has 0 saturated carbocycles. The second kappa shape index (κ2) is 9.08. The number of likely N-dealkylation sites (tertiary alicyclic amines) is 1. The average molecular weight is 411 g/mol. The van der Waals surface area contributed by atoms with Crippen molar-refractivity contribution in [1.29, 1.82) is 0 Å². The predicted octanol–water partition coefficient (Wildman–Crippen LogP) is 3.10. The van der Waals surface area contributed by atoms with Crippen LogP contribution in [0.15, 0.2) is 18.3 Å². The van der Waals surface area contributed by atoms with E-state index in [1.807, 2.05) is 24.0 Å². The summed E-state index contributed by atoms with van der Waals surface area (Å²) in [5, 5.41) is 0. The molecule has 0 unspecified atom stereocenters. The number of hydrogen-bond acceptors (Lipinski definition) is 6. The number of pyridine rings is 1. The summed E-state index contributed by atoms with van der Waals surface area (Å²) in [6, 6.07) is 3.72. The van der Waals surface area contributed by atoms with Gasteiger partial charge in [-0.1, -0.05) is 13.8 Å². The van der Waals surface area contributed by atoms with Crippen molar-refractivity contribution in [3.8, 4) is 5.88 Å². The van der Waals surface area contributed by atoms with Gasteiger partial charge in [-0.2, -0.15) is 4.98 Å². The maximum Gasteiger partial charge on any atom is 0.255 e. The molecule has 2 aliphatic rings. The maximum absolute atomic E-state index is 12.7. The van der Waals surface area contributed by atoms with Crippen LogP contribution in [0.3, 0.4) is 0 Å². The van der Waals surface area contributed by atoms with E-state index >= 15 is 0 Å². The van der Waals surface area contributed by atoms with E-state index in [2.05, 4.69) is 18.8 Å². The van der Waals surface area contributed by atoms with Crippen molar-refractivity contribution in [2.45, 2.75) is 58.5 Å². The molecular weight excluding hydrogens is 380 g/mol. The summed E-state index contributed by atoms with van der Waals surface area (Å²) in [7, 11) is 0. The fraction of sp³-hybridized carbons (Fsp3) is 0.565. The van der Waals surface area contributed by atoms with E-state index < -0.39 is 0 Å². The van der Waals surface area contributed by atoms with Crippen LogP contribution in [0, 0.1) is 6.92 Å². The first-order chi connectivity index (χ1) is 14.5. The highest BCUT2D eigenvalue weighted by molar-refractivity contribution is 5.94. The average Bonchev–Trinajstić information content (AvgIpc) is 3.00. The lowest BCUT2D eigenvalue weighted by molar-refractivity contribution is 0.0584. The highest BCUT2D eigenvalue weighted by Crippen LogP contribution is 2.28. The highest BCUT2D eigenvalue weighted by atomic mass is 16.5. The molecule has 7 nitrogen and oxygen atoms in total. The normalized spacial score (nSPS) is 17.5. The van der Waals surface area contributed by atoms with Crippen molar-refractivity contribution >= 4 is 5.91 Å². The van der Waals surface area contributed by atoms with Gasteiger partial charge in [0.25, 0.3) is 5.91 Å². The van der Waals surface area contributed by atoms with E-state index in [0.717, 1.165) is 48.5 Å². The number of ether oxygens (including phenoxy) is 2. The lowest BCUT2D eigenvalue weighted by atomic mass is 10.1. The van der Waals surface area contributed by atoms with E-state index in [0.29, 0.717) is 37.7 Å². The van der Waals surface area contributed by atoms with Gasteiger partial charge in [0.2, 0.25) is 5.88 Å². The number of piperidine rings is 1. The number of carbonyl (C=O) groups excluding carboxylic acids is 1. The summed E-state index contributed by atoms with van der Waals surface area (Å²) in [6.45, 7) is 8.82. The molecule has 0 spiro atoms. The number of hydrogen-bond donors (Lipinski definition) is 0. The van der Waals surface area contributed by atoms with Gasteiger partial charge in [-0.3, -0.25) is 9.78 Å². The highest BCUT2D eigenvalue weighted by Gasteiger charge is 2.27. The molecule has 0 radical (unpaired) electrons. The van der Waals surface area contributed by atoms with Crippen LogP contribution in [0.5, 0.6) is 5.88 Å². The van der Waals surface area contributed by atoms with Crippen LogP contribution in [0.4, 0.5) is 0 Å². The SMILES string of the molecule is Cc1ccc(C(=O)N2CCC(Oc3nc(C(C)C)nc4c3CCOCC4)CC2)cn1.